The standard InChI is InChI=1S/C38H32ClN3O6S2/c1-3-46-31-19-24(13-16-30(31)47-20-23-9-5-4-6-10-23)33-32(34(43)25-14-15-29-27(18-25)17-22(2)48-29)35(44)36(45)42(33)37-40-41-38(50-37)49-21-26-11-7-8-12-28(26)39/h4-16,18-19,22,33,43H,3,17,20-21H2,1-2H3/b34-32+/t22-,33+/m1/s1. The van der Waals surface area contributed by atoms with E-state index in [9.17, 15) is 14.7 Å². The number of Topliss-reactive ketones (excluding diaryl/α,β-unsaturated/α-hetero) is 1. The van der Waals surface area contributed by atoms with Crippen molar-refractivity contribution >= 4 is 57.3 Å². The largest absolute Gasteiger partial charge is 0.507 e. The number of fused-ring (bicyclic) bond motifs is 1. The van der Waals surface area contributed by atoms with Crippen LogP contribution in [0, 0.1) is 0 Å². The van der Waals surface area contributed by atoms with E-state index >= 15 is 0 Å². The molecule has 4 aromatic carbocycles. The van der Waals surface area contributed by atoms with Crippen molar-refractivity contribution in [3.05, 3.63) is 129 Å². The van der Waals surface area contributed by atoms with Crippen LogP contribution in [0.15, 0.2) is 101 Å². The third-order valence-electron chi connectivity index (χ3n) is 8.35. The quantitative estimate of drug-likeness (QED) is 0.0472. The molecule has 1 amide bonds. The maximum absolute atomic E-state index is 13.9. The van der Waals surface area contributed by atoms with Crippen molar-refractivity contribution in [2.75, 3.05) is 11.5 Å². The number of thioether (sulfide) groups is 1. The second kappa shape index (κ2) is 14.6. The fraction of sp³-hybridized carbons (Fsp3) is 0.211. The minimum atomic E-state index is -1.03. The first-order chi connectivity index (χ1) is 24.3. The van der Waals surface area contributed by atoms with Gasteiger partial charge in [0.25, 0.3) is 5.78 Å². The summed E-state index contributed by atoms with van der Waals surface area (Å²) in [6.07, 6.45) is 0.658. The molecule has 7 rings (SSSR count). The van der Waals surface area contributed by atoms with E-state index in [0.717, 1.165) is 22.4 Å². The van der Waals surface area contributed by atoms with Crippen molar-refractivity contribution in [2.24, 2.45) is 0 Å². The Labute approximate surface area is 302 Å². The number of hydrogen-bond acceptors (Lipinski definition) is 10. The van der Waals surface area contributed by atoms with Crippen LogP contribution >= 0.6 is 34.7 Å². The molecule has 1 N–H and O–H groups in total. The Bertz CT molecular complexity index is 2100. The van der Waals surface area contributed by atoms with E-state index in [0.29, 0.717) is 57.4 Å². The number of ketones is 1. The number of amides is 1. The zero-order chi connectivity index (χ0) is 34.8. The lowest BCUT2D eigenvalue weighted by atomic mass is 9.94. The summed E-state index contributed by atoms with van der Waals surface area (Å²) < 4.78 is 18.6. The van der Waals surface area contributed by atoms with Crippen LogP contribution in [0.5, 0.6) is 17.2 Å². The zero-order valence-electron chi connectivity index (χ0n) is 27.2. The number of aromatic nitrogens is 2. The molecule has 2 atom stereocenters. The second-order valence-electron chi connectivity index (χ2n) is 11.8. The lowest BCUT2D eigenvalue weighted by Gasteiger charge is -2.24. The second-order valence-corrected chi connectivity index (χ2v) is 14.4. The molecule has 5 aromatic rings. The summed E-state index contributed by atoms with van der Waals surface area (Å²) in [6.45, 7) is 4.50. The van der Waals surface area contributed by atoms with Crippen LogP contribution in [0.3, 0.4) is 0 Å². The molecule has 0 radical (unpaired) electrons. The van der Waals surface area contributed by atoms with Crippen LogP contribution in [0.2, 0.25) is 5.02 Å². The lowest BCUT2D eigenvalue weighted by Crippen LogP contribution is -2.29. The van der Waals surface area contributed by atoms with Gasteiger partial charge in [-0.1, -0.05) is 89.3 Å². The zero-order valence-corrected chi connectivity index (χ0v) is 29.6. The van der Waals surface area contributed by atoms with Crippen molar-refractivity contribution in [1.82, 2.24) is 10.2 Å². The first kappa shape index (κ1) is 33.6. The summed E-state index contributed by atoms with van der Waals surface area (Å²) in [5.74, 6) is 0.255. The monoisotopic (exact) mass is 725 g/mol. The van der Waals surface area contributed by atoms with Crippen molar-refractivity contribution < 1.29 is 28.9 Å². The molecule has 254 valence electrons. The highest BCUT2D eigenvalue weighted by atomic mass is 35.5. The van der Waals surface area contributed by atoms with Gasteiger partial charge in [0.1, 0.15) is 24.2 Å². The minimum absolute atomic E-state index is 0.00466. The molecule has 9 nitrogen and oxygen atoms in total. The van der Waals surface area contributed by atoms with Crippen LogP contribution < -0.4 is 19.1 Å². The van der Waals surface area contributed by atoms with Gasteiger partial charge >= 0.3 is 5.91 Å². The van der Waals surface area contributed by atoms with Gasteiger partial charge in [0.15, 0.2) is 15.8 Å². The molecule has 0 spiro atoms. The number of carbonyl (C=O) groups excluding carboxylic acids is 2. The number of benzene rings is 4. The minimum Gasteiger partial charge on any atom is -0.507 e. The van der Waals surface area contributed by atoms with Crippen molar-refractivity contribution in [3.63, 3.8) is 0 Å². The number of carbonyl (C=O) groups is 2. The number of hydrogen-bond donors (Lipinski definition) is 1. The fourth-order valence-electron chi connectivity index (χ4n) is 6.00. The molecule has 1 saturated heterocycles. The molecule has 0 aliphatic carbocycles. The van der Waals surface area contributed by atoms with E-state index < -0.39 is 17.7 Å². The van der Waals surface area contributed by atoms with Gasteiger partial charge in [-0.25, -0.2) is 0 Å². The Morgan fingerprint density at radius 3 is 2.60 bits per heavy atom. The fourth-order valence-corrected chi connectivity index (χ4v) is 8.15. The summed E-state index contributed by atoms with van der Waals surface area (Å²) in [7, 11) is 0. The first-order valence-corrected chi connectivity index (χ1v) is 18.2. The summed E-state index contributed by atoms with van der Waals surface area (Å²) in [6, 6.07) is 26.8. The number of nitrogens with zero attached hydrogens (tertiary/aromatic N) is 3. The number of aliphatic hydroxyl groups is 1. The van der Waals surface area contributed by atoms with E-state index in [-0.39, 0.29) is 22.6 Å². The Balaban J connectivity index is 1.28. The summed E-state index contributed by atoms with van der Waals surface area (Å²) in [5.41, 5.74) is 3.70. The average molecular weight is 726 g/mol. The molecule has 2 aliphatic heterocycles. The van der Waals surface area contributed by atoms with Crippen LogP contribution in [0.25, 0.3) is 5.76 Å². The van der Waals surface area contributed by atoms with E-state index in [1.807, 2.05) is 68.4 Å². The van der Waals surface area contributed by atoms with Gasteiger partial charge in [0, 0.05) is 22.8 Å². The molecule has 50 heavy (non-hydrogen) atoms. The Morgan fingerprint density at radius 2 is 1.80 bits per heavy atom. The number of ether oxygens (including phenoxy) is 3. The Hall–Kier alpha value is -4.84. The molecule has 1 aromatic heterocycles. The number of halogens is 1. The van der Waals surface area contributed by atoms with Gasteiger partial charge < -0.3 is 19.3 Å². The average Bonchev–Trinajstić information content (AvgIpc) is 3.82. The molecular formula is C38H32ClN3O6S2. The van der Waals surface area contributed by atoms with E-state index in [1.54, 1.807) is 36.4 Å². The predicted octanol–water partition coefficient (Wildman–Crippen LogP) is 8.41. The first-order valence-electron chi connectivity index (χ1n) is 16.0. The molecule has 0 unspecified atom stereocenters. The third-order valence-corrected chi connectivity index (χ3v) is 10.8. The van der Waals surface area contributed by atoms with Crippen molar-refractivity contribution in [3.8, 4) is 17.2 Å². The Morgan fingerprint density at radius 1 is 1.00 bits per heavy atom. The van der Waals surface area contributed by atoms with Crippen LogP contribution in [0.4, 0.5) is 5.13 Å². The SMILES string of the molecule is CCOc1cc([C@H]2/C(=C(\O)c3ccc4c(c3)C[C@@H](C)O4)C(=O)C(=O)N2c2nnc(SCc3ccccc3Cl)s2)ccc1OCc1ccccc1. The summed E-state index contributed by atoms with van der Waals surface area (Å²) in [4.78, 5) is 29.1. The molecule has 3 heterocycles. The normalized spacial score (nSPS) is 17.9. The third kappa shape index (κ3) is 6.81. The number of rotatable bonds is 11. The van der Waals surface area contributed by atoms with Crippen LogP contribution in [-0.4, -0.2) is 39.7 Å². The number of anilines is 1. The smallest absolute Gasteiger partial charge is 0.301 e. The number of aliphatic hydroxyl groups excluding tert-OH is 1. The van der Waals surface area contributed by atoms with Gasteiger partial charge in [-0.2, -0.15) is 0 Å². The highest BCUT2D eigenvalue weighted by Crippen LogP contribution is 2.46. The molecule has 2 aliphatic rings. The summed E-state index contributed by atoms with van der Waals surface area (Å²) >= 11 is 8.97. The lowest BCUT2D eigenvalue weighted by molar-refractivity contribution is -0.132. The van der Waals surface area contributed by atoms with Gasteiger partial charge in [-0.3, -0.25) is 14.5 Å². The van der Waals surface area contributed by atoms with Crippen LogP contribution in [-0.2, 0) is 28.4 Å². The van der Waals surface area contributed by atoms with Crippen molar-refractivity contribution in [1.29, 1.82) is 0 Å². The maximum Gasteiger partial charge on any atom is 0.301 e. The van der Waals surface area contributed by atoms with E-state index in [4.69, 9.17) is 25.8 Å². The van der Waals surface area contributed by atoms with E-state index in [1.165, 1.54) is 28.0 Å². The van der Waals surface area contributed by atoms with Gasteiger partial charge in [0.2, 0.25) is 5.13 Å². The molecular weight excluding hydrogens is 694 g/mol. The molecule has 1 fully saturated rings. The molecule has 0 bridgehead atoms. The summed E-state index contributed by atoms with van der Waals surface area (Å²) in [5, 5.41) is 21.4. The highest BCUT2D eigenvalue weighted by molar-refractivity contribution is 8.00. The predicted molar refractivity (Wildman–Crippen MR) is 194 cm³/mol. The van der Waals surface area contributed by atoms with Gasteiger partial charge in [-0.05, 0) is 72.5 Å². The maximum atomic E-state index is 13.9. The van der Waals surface area contributed by atoms with Crippen LogP contribution in [0.1, 0.15) is 47.7 Å². The van der Waals surface area contributed by atoms with Crippen molar-refractivity contribution in [2.45, 2.75) is 49.1 Å². The van der Waals surface area contributed by atoms with Gasteiger partial charge in [0.05, 0.1) is 18.2 Å². The molecule has 12 heteroatoms. The highest BCUT2D eigenvalue weighted by Gasteiger charge is 2.48. The Kier molecular flexibility index (Phi) is 9.80. The topological polar surface area (TPSA) is 111 Å². The van der Waals surface area contributed by atoms with Gasteiger partial charge in [-0.15, -0.1) is 10.2 Å². The molecule has 0 saturated carbocycles. The van der Waals surface area contributed by atoms with E-state index in [2.05, 4.69) is 10.2 Å².